The average molecular weight is 391 g/mol. The topological polar surface area (TPSA) is 42.0 Å². The first-order valence-corrected chi connectivity index (χ1v) is 10.2. The van der Waals surface area contributed by atoms with Gasteiger partial charge in [0, 0.05) is 22.9 Å². The third-order valence-electron chi connectivity index (χ3n) is 3.79. The maximum absolute atomic E-state index is 12.1. The molecule has 1 amide bonds. The van der Waals surface area contributed by atoms with Crippen LogP contribution in [0.5, 0.6) is 0 Å². The molecule has 0 aliphatic carbocycles. The summed E-state index contributed by atoms with van der Waals surface area (Å²) in [7, 11) is 0. The predicted molar refractivity (Wildman–Crippen MR) is 107 cm³/mol. The lowest BCUT2D eigenvalue weighted by molar-refractivity contribution is -0.121. The molecule has 1 aromatic carbocycles. The Morgan fingerprint density at radius 1 is 1.20 bits per heavy atom. The molecule has 3 rings (SSSR count). The van der Waals surface area contributed by atoms with Crippen molar-refractivity contribution in [2.45, 2.75) is 26.2 Å². The number of aromatic nitrogens is 1. The Hall–Kier alpha value is -1.69. The number of hydrogen-bond donors (Lipinski definition) is 1. The summed E-state index contributed by atoms with van der Waals surface area (Å²) in [6, 6.07) is 11.8. The normalized spacial score (nSPS) is 10.8. The van der Waals surface area contributed by atoms with Crippen LogP contribution in [0.3, 0.4) is 0 Å². The molecule has 3 aromatic rings. The van der Waals surface area contributed by atoms with E-state index in [1.54, 1.807) is 22.7 Å². The van der Waals surface area contributed by atoms with Gasteiger partial charge in [-0.05, 0) is 48.9 Å². The Morgan fingerprint density at radius 2 is 2.00 bits per heavy atom. The molecule has 0 fully saturated rings. The summed E-state index contributed by atoms with van der Waals surface area (Å²) in [6.07, 6.45) is 2.02. The Bertz CT molecular complexity index is 826. The van der Waals surface area contributed by atoms with Crippen molar-refractivity contribution in [3.05, 3.63) is 62.2 Å². The van der Waals surface area contributed by atoms with E-state index in [0.717, 1.165) is 28.6 Å². The molecule has 2 heterocycles. The number of rotatable bonds is 7. The molecule has 3 nitrogen and oxygen atoms in total. The van der Waals surface area contributed by atoms with E-state index >= 15 is 0 Å². The number of thiophene rings is 1. The van der Waals surface area contributed by atoms with Crippen molar-refractivity contribution in [3.63, 3.8) is 0 Å². The zero-order chi connectivity index (χ0) is 17.6. The van der Waals surface area contributed by atoms with E-state index in [2.05, 4.69) is 21.7 Å². The van der Waals surface area contributed by atoms with Crippen LogP contribution in [0.2, 0.25) is 5.02 Å². The molecular formula is C19H19ClN2OS2. The lowest BCUT2D eigenvalue weighted by atomic mass is 10.1. The van der Waals surface area contributed by atoms with Crippen molar-refractivity contribution < 1.29 is 4.79 Å². The van der Waals surface area contributed by atoms with Crippen LogP contribution in [-0.2, 0) is 17.6 Å². The number of aryl methyl sites for hydroxylation is 2. The molecular weight excluding hydrogens is 372 g/mol. The third-order valence-corrected chi connectivity index (χ3v) is 5.95. The number of hydrogen-bond acceptors (Lipinski definition) is 4. The van der Waals surface area contributed by atoms with Crippen LogP contribution in [0.25, 0.3) is 10.6 Å². The number of benzene rings is 1. The number of thiazole rings is 1. The van der Waals surface area contributed by atoms with Gasteiger partial charge in [0.05, 0.1) is 15.6 Å². The van der Waals surface area contributed by atoms with Gasteiger partial charge < -0.3 is 5.32 Å². The first-order valence-electron chi connectivity index (χ1n) is 8.13. The Morgan fingerprint density at radius 3 is 2.72 bits per heavy atom. The summed E-state index contributed by atoms with van der Waals surface area (Å²) in [5.74, 6) is 0.0807. The maximum atomic E-state index is 12.1. The number of nitrogens with one attached hydrogen (secondary N) is 1. The van der Waals surface area contributed by atoms with Crippen molar-refractivity contribution in [1.82, 2.24) is 10.3 Å². The number of halogens is 1. The molecule has 0 aliphatic rings. The van der Waals surface area contributed by atoms with Crippen molar-refractivity contribution in [2.75, 3.05) is 6.54 Å². The molecule has 0 aliphatic heterocycles. The standard InChI is InChI=1S/C19H19ClN2OS2/c1-13-22-19(16-3-2-12-24-16)17(25-13)8-9-18(23)21-11-10-14-4-6-15(20)7-5-14/h2-7,12H,8-11H2,1H3,(H,21,23). The van der Waals surface area contributed by atoms with Gasteiger partial charge in [0.15, 0.2) is 0 Å². The zero-order valence-electron chi connectivity index (χ0n) is 13.9. The van der Waals surface area contributed by atoms with Crippen LogP contribution in [0.4, 0.5) is 0 Å². The molecule has 2 aromatic heterocycles. The second-order valence-electron chi connectivity index (χ2n) is 5.71. The van der Waals surface area contributed by atoms with Crippen LogP contribution in [0.1, 0.15) is 21.9 Å². The summed E-state index contributed by atoms with van der Waals surface area (Å²) in [4.78, 5) is 19.1. The van der Waals surface area contributed by atoms with E-state index in [1.165, 1.54) is 15.3 Å². The SMILES string of the molecule is Cc1nc(-c2cccs2)c(CCC(=O)NCCc2ccc(Cl)cc2)s1. The molecule has 0 radical (unpaired) electrons. The fraction of sp³-hybridized carbons (Fsp3) is 0.263. The van der Waals surface area contributed by atoms with Gasteiger partial charge in [0.2, 0.25) is 5.91 Å². The fourth-order valence-corrected chi connectivity index (χ4v) is 4.44. The average Bonchev–Trinajstić information content (AvgIpc) is 3.24. The van der Waals surface area contributed by atoms with Crippen LogP contribution < -0.4 is 5.32 Å². The lowest BCUT2D eigenvalue weighted by Crippen LogP contribution is -2.25. The number of carbonyl (C=O) groups excluding carboxylic acids is 1. The molecule has 0 spiro atoms. The van der Waals surface area contributed by atoms with Crippen LogP contribution in [0.15, 0.2) is 41.8 Å². The van der Waals surface area contributed by atoms with Crippen LogP contribution in [-0.4, -0.2) is 17.4 Å². The highest BCUT2D eigenvalue weighted by molar-refractivity contribution is 7.15. The summed E-state index contributed by atoms with van der Waals surface area (Å²) in [5, 5.41) is 6.82. The minimum absolute atomic E-state index is 0.0807. The summed E-state index contributed by atoms with van der Waals surface area (Å²) in [5.41, 5.74) is 2.20. The highest BCUT2D eigenvalue weighted by atomic mass is 35.5. The molecule has 6 heteroatoms. The predicted octanol–water partition coefficient (Wildman–Crippen LogP) is 5.12. The fourth-order valence-electron chi connectivity index (χ4n) is 2.56. The zero-order valence-corrected chi connectivity index (χ0v) is 16.3. The first-order chi connectivity index (χ1) is 12.1. The molecule has 0 saturated heterocycles. The van der Waals surface area contributed by atoms with E-state index in [4.69, 9.17) is 11.6 Å². The van der Waals surface area contributed by atoms with Gasteiger partial charge in [-0.3, -0.25) is 4.79 Å². The minimum Gasteiger partial charge on any atom is -0.356 e. The molecule has 1 N–H and O–H groups in total. The monoisotopic (exact) mass is 390 g/mol. The van der Waals surface area contributed by atoms with E-state index in [9.17, 15) is 4.79 Å². The highest BCUT2D eigenvalue weighted by Crippen LogP contribution is 2.31. The second-order valence-corrected chi connectivity index (χ2v) is 8.38. The quantitative estimate of drug-likeness (QED) is 0.608. The van der Waals surface area contributed by atoms with Crippen LogP contribution >= 0.6 is 34.3 Å². The molecule has 0 unspecified atom stereocenters. The molecule has 0 atom stereocenters. The van der Waals surface area contributed by atoms with E-state index in [-0.39, 0.29) is 5.91 Å². The van der Waals surface area contributed by atoms with E-state index < -0.39 is 0 Å². The van der Waals surface area contributed by atoms with E-state index in [1.807, 2.05) is 37.3 Å². The number of carbonyl (C=O) groups is 1. The smallest absolute Gasteiger partial charge is 0.220 e. The summed E-state index contributed by atoms with van der Waals surface area (Å²) >= 11 is 9.24. The van der Waals surface area contributed by atoms with Gasteiger partial charge in [-0.15, -0.1) is 22.7 Å². The maximum Gasteiger partial charge on any atom is 0.220 e. The van der Waals surface area contributed by atoms with Crippen molar-refractivity contribution >= 4 is 40.2 Å². The van der Waals surface area contributed by atoms with Crippen molar-refractivity contribution in [1.29, 1.82) is 0 Å². The number of nitrogens with zero attached hydrogens (tertiary/aromatic N) is 1. The Labute approximate surface area is 160 Å². The van der Waals surface area contributed by atoms with Crippen molar-refractivity contribution in [3.8, 4) is 10.6 Å². The highest BCUT2D eigenvalue weighted by Gasteiger charge is 2.13. The molecule has 0 saturated carbocycles. The summed E-state index contributed by atoms with van der Waals surface area (Å²) in [6.45, 7) is 2.65. The van der Waals surface area contributed by atoms with Gasteiger partial charge in [-0.2, -0.15) is 0 Å². The minimum atomic E-state index is 0.0807. The molecule has 25 heavy (non-hydrogen) atoms. The summed E-state index contributed by atoms with van der Waals surface area (Å²) < 4.78 is 0. The van der Waals surface area contributed by atoms with Gasteiger partial charge >= 0.3 is 0 Å². The third kappa shape index (κ3) is 5.14. The van der Waals surface area contributed by atoms with Gasteiger partial charge in [-0.1, -0.05) is 29.8 Å². The van der Waals surface area contributed by atoms with Crippen molar-refractivity contribution in [2.24, 2.45) is 0 Å². The first kappa shape index (κ1) is 18.1. The van der Waals surface area contributed by atoms with E-state index in [0.29, 0.717) is 13.0 Å². The Kier molecular flexibility index (Phi) is 6.24. The lowest BCUT2D eigenvalue weighted by Gasteiger charge is -2.06. The Balaban J connectivity index is 1.49. The van der Waals surface area contributed by atoms with Gasteiger partial charge in [0.1, 0.15) is 0 Å². The second kappa shape index (κ2) is 8.61. The molecule has 0 bridgehead atoms. The van der Waals surface area contributed by atoms with Crippen LogP contribution in [0, 0.1) is 6.92 Å². The number of amides is 1. The largest absolute Gasteiger partial charge is 0.356 e. The van der Waals surface area contributed by atoms with Gasteiger partial charge in [0.25, 0.3) is 0 Å². The molecule has 130 valence electrons. The van der Waals surface area contributed by atoms with Gasteiger partial charge in [-0.25, -0.2) is 4.98 Å².